The standard InChI is InChI=1S/C14H23N3O2/c1-11-4-2-5-12(8-15)17(11)10-14(18)16-9-13-6-3-7-19-13/h3,6-7,11-12H,2,4-5,8-10,15H2,1H3,(H,16,18). The van der Waals surface area contributed by atoms with E-state index in [1.165, 1.54) is 6.42 Å². The molecule has 0 saturated carbocycles. The van der Waals surface area contributed by atoms with Crippen LogP contribution in [0.1, 0.15) is 31.9 Å². The first-order valence-corrected chi connectivity index (χ1v) is 6.95. The van der Waals surface area contributed by atoms with Crippen LogP contribution in [-0.2, 0) is 11.3 Å². The molecular formula is C14H23N3O2. The van der Waals surface area contributed by atoms with Crippen molar-refractivity contribution in [2.24, 2.45) is 5.73 Å². The third-order valence-corrected chi connectivity index (χ3v) is 3.83. The summed E-state index contributed by atoms with van der Waals surface area (Å²) < 4.78 is 5.19. The van der Waals surface area contributed by atoms with Crippen molar-refractivity contribution >= 4 is 5.91 Å². The van der Waals surface area contributed by atoms with Crippen molar-refractivity contribution in [2.75, 3.05) is 13.1 Å². The number of nitrogens with zero attached hydrogens (tertiary/aromatic N) is 1. The van der Waals surface area contributed by atoms with Crippen LogP contribution in [0.5, 0.6) is 0 Å². The van der Waals surface area contributed by atoms with Gasteiger partial charge < -0.3 is 15.5 Å². The van der Waals surface area contributed by atoms with E-state index < -0.39 is 0 Å². The lowest BCUT2D eigenvalue weighted by Crippen LogP contribution is -2.52. The van der Waals surface area contributed by atoms with Crippen LogP contribution in [0.2, 0.25) is 0 Å². The minimum Gasteiger partial charge on any atom is -0.467 e. The number of rotatable bonds is 5. The molecule has 1 amide bonds. The molecule has 0 bridgehead atoms. The van der Waals surface area contributed by atoms with Gasteiger partial charge >= 0.3 is 0 Å². The van der Waals surface area contributed by atoms with Crippen molar-refractivity contribution < 1.29 is 9.21 Å². The molecule has 0 aliphatic carbocycles. The van der Waals surface area contributed by atoms with Crippen LogP contribution in [0, 0.1) is 0 Å². The lowest BCUT2D eigenvalue weighted by molar-refractivity contribution is -0.124. The van der Waals surface area contributed by atoms with Crippen molar-refractivity contribution in [2.45, 2.75) is 44.8 Å². The predicted octanol–water partition coefficient (Wildman–Crippen LogP) is 1.10. The number of amides is 1. The largest absolute Gasteiger partial charge is 0.467 e. The number of furan rings is 1. The van der Waals surface area contributed by atoms with Crippen molar-refractivity contribution in [3.63, 3.8) is 0 Å². The Morgan fingerprint density at radius 3 is 3.11 bits per heavy atom. The normalized spacial score (nSPS) is 24.3. The third-order valence-electron chi connectivity index (χ3n) is 3.83. The summed E-state index contributed by atoms with van der Waals surface area (Å²) in [5, 5.41) is 2.88. The number of piperidine rings is 1. The van der Waals surface area contributed by atoms with E-state index in [0.717, 1.165) is 18.6 Å². The van der Waals surface area contributed by atoms with E-state index in [1.807, 2.05) is 12.1 Å². The summed E-state index contributed by atoms with van der Waals surface area (Å²) >= 11 is 0. The van der Waals surface area contributed by atoms with Crippen LogP contribution in [0.3, 0.4) is 0 Å². The molecule has 2 atom stereocenters. The van der Waals surface area contributed by atoms with Gasteiger partial charge in [-0.25, -0.2) is 0 Å². The fourth-order valence-corrected chi connectivity index (χ4v) is 2.70. The Morgan fingerprint density at radius 1 is 1.58 bits per heavy atom. The maximum Gasteiger partial charge on any atom is 0.234 e. The van der Waals surface area contributed by atoms with Crippen LogP contribution >= 0.6 is 0 Å². The van der Waals surface area contributed by atoms with Gasteiger partial charge in [0.25, 0.3) is 0 Å². The van der Waals surface area contributed by atoms with Gasteiger partial charge in [0.2, 0.25) is 5.91 Å². The summed E-state index contributed by atoms with van der Waals surface area (Å²) in [6, 6.07) is 4.43. The summed E-state index contributed by atoms with van der Waals surface area (Å²) in [5.41, 5.74) is 5.79. The first-order chi connectivity index (χ1) is 9.20. The number of hydrogen-bond donors (Lipinski definition) is 2. The van der Waals surface area contributed by atoms with Gasteiger partial charge in [-0.05, 0) is 31.9 Å². The zero-order valence-electron chi connectivity index (χ0n) is 11.5. The van der Waals surface area contributed by atoms with Gasteiger partial charge in [0.1, 0.15) is 5.76 Å². The summed E-state index contributed by atoms with van der Waals surface area (Å²) in [5.74, 6) is 0.805. The lowest BCUT2D eigenvalue weighted by Gasteiger charge is -2.39. The highest BCUT2D eigenvalue weighted by Crippen LogP contribution is 2.21. The molecular weight excluding hydrogens is 242 g/mol. The van der Waals surface area contributed by atoms with E-state index in [9.17, 15) is 4.79 Å². The molecule has 2 unspecified atom stereocenters. The second kappa shape index (κ2) is 6.73. The fraction of sp³-hybridized carbons (Fsp3) is 0.643. The zero-order chi connectivity index (χ0) is 13.7. The fourth-order valence-electron chi connectivity index (χ4n) is 2.70. The van der Waals surface area contributed by atoms with Gasteiger partial charge in [0.15, 0.2) is 0 Å². The summed E-state index contributed by atoms with van der Waals surface area (Å²) in [7, 11) is 0. The molecule has 0 radical (unpaired) electrons. The van der Waals surface area contributed by atoms with Crippen LogP contribution in [0.25, 0.3) is 0 Å². The molecule has 2 rings (SSSR count). The second-order valence-corrected chi connectivity index (χ2v) is 5.20. The molecule has 1 aromatic heterocycles. The van der Waals surface area contributed by atoms with Gasteiger partial charge in [-0.15, -0.1) is 0 Å². The zero-order valence-corrected chi connectivity index (χ0v) is 11.5. The predicted molar refractivity (Wildman–Crippen MR) is 73.4 cm³/mol. The summed E-state index contributed by atoms with van der Waals surface area (Å²) in [6.07, 6.45) is 5.04. The lowest BCUT2D eigenvalue weighted by atomic mass is 9.96. The van der Waals surface area contributed by atoms with Crippen LogP contribution in [0.4, 0.5) is 0 Å². The Hall–Kier alpha value is -1.33. The smallest absolute Gasteiger partial charge is 0.234 e. The molecule has 2 heterocycles. The maximum absolute atomic E-state index is 12.0. The molecule has 5 nitrogen and oxygen atoms in total. The highest BCUT2D eigenvalue weighted by Gasteiger charge is 2.28. The van der Waals surface area contributed by atoms with Gasteiger partial charge in [0.05, 0.1) is 19.4 Å². The van der Waals surface area contributed by atoms with Crippen molar-refractivity contribution in [1.82, 2.24) is 10.2 Å². The third kappa shape index (κ3) is 3.81. The number of likely N-dealkylation sites (tertiary alicyclic amines) is 1. The van der Waals surface area contributed by atoms with E-state index in [-0.39, 0.29) is 5.91 Å². The van der Waals surface area contributed by atoms with Crippen molar-refractivity contribution in [3.8, 4) is 0 Å². The van der Waals surface area contributed by atoms with E-state index in [2.05, 4.69) is 17.1 Å². The van der Waals surface area contributed by atoms with Gasteiger partial charge in [-0.1, -0.05) is 6.42 Å². The minimum atomic E-state index is 0.0311. The van der Waals surface area contributed by atoms with Crippen LogP contribution < -0.4 is 11.1 Å². The maximum atomic E-state index is 12.0. The Balaban J connectivity index is 1.82. The molecule has 19 heavy (non-hydrogen) atoms. The SMILES string of the molecule is CC1CCCC(CN)N1CC(=O)NCc1ccco1. The number of hydrogen-bond acceptors (Lipinski definition) is 4. The first-order valence-electron chi connectivity index (χ1n) is 6.95. The molecule has 1 aromatic rings. The topological polar surface area (TPSA) is 71.5 Å². The van der Waals surface area contributed by atoms with Gasteiger partial charge in [-0.2, -0.15) is 0 Å². The summed E-state index contributed by atoms with van der Waals surface area (Å²) in [6.45, 7) is 3.66. The second-order valence-electron chi connectivity index (χ2n) is 5.20. The number of nitrogens with two attached hydrogens (primary N) is 1. The Morgan fingerprint density at radius 2 is 2.42 bits per heavy atom. The van der Waals surface area contributed by atoms with E-state index in [1.54, 1.807) is 6.26 Å². The van der Waals surface area contributed by atoms with E-state index >= 15 is 0 Å². The van der Waals surface area contributed by atoms with Crippen LogP contribution in [-0.4, -0.2) is 36.0 Å². The van der Waals surface area contributed by atoms with Crippen molar-refractivity contribution in [3.05, 3.63) is 24.2 Å². The quantitative estimate of drug-likeness (QED) is 0.836. The molecule has 0 aromatic carbocycles. The number of carbonyl (C=O) groups excluding carboxylic acids is 1. The molecule has 1 aliphatic heterocycles. The Labute approximate surface area is 114 Å². The van der Waals surface area contributed by atoms with E-state index in [4.69, 9.17) is 10.2 Å². The van der Waals surface area contributed by atoms with Gasteiger partial charge in [0, 0.05) is 18.6 Å². The Bertz CT molecular complexity index is 391. The minimum absolute atomic E-state index is 0.0311. The molecule has 106 valence electrons. The average Bonchev–Trinajstić information content (AvgIpc) is 2.92. The van der Waals surface area contributed by atoms with Gasteiger partial charge in [-0.3, -0.25) is 9.69 Å². The molecule has 1 saturated heterocycles. The number of nitrogens with one attached hydrogen (secondary N) is 1. The molecule has 1 aliphatic rings. The highest BCUT2D eigenvalue weighted by atomic mass is 16.3. The average molecular weight is 265 g/mol. The molecule has 5 heteroatoms. The summed E-state index contributed by atoms with van der Waals surface area (Å²) in [4.78, 5) is 14.2. The van der Waals surface area contributed by atoms with Crippen molar-refractivity contribution in [1.29, 1.82) is 0 Å². The molecule has 0 spiro atoms. The Kier molecular flexibility index (Phi) is 4.99. The molecule has 1 fully saturated rings. The van der Waals surface area contributed by atoms with Crippen LogP contribution in [0.15, 0.2) is 22.8 Å². The monoisotopic (exact) mass is 265 g/mol. The first kappa shape index (κ1) is 14.1. The molecule has 3 N–H and O–H groups in total. The number of carbonyl (C=O) groups is 1. The highest BCUT2D eigenvalue weighted by molar-refractivity contribution is 5.78. The van der Waals surface area contributed by atoms with E-state index in [0.29, 0.717) is 31.7 Å².